The first kappa shape index (κ1) is 14.3. The van der Waals surface area contributed by atoms with E-state index in [1.54, 1.807) is 17.5 Å². The third-order valence-corrected chi connectivity index (χ3v) is 5.24. The summed E-state index contributed by atoms with van der Waals surface area (Å²) >= 11 is 17.5. The summed E-state index contributed by atoms with van der Waals surface area (Å²) in [4.78, 5) is 10.2. The summed E-state index contributed by atoms with van der Waals surface area (Å²) in [6, 6.07) is 3.85. The first-order valence-electron chi connectivity index (χ1n) is 5.94. The van der Waals surface area contributed by atoms with Crippen LogP contribution in [0.2, 0.25) is 5.02 Å². The van der Waals surface area contributed by atoms with Crippen LogP contribution in [0.5, 0.6) is 0 Å². The summed E-state index contributed by atoms with van der Waals surface area (Å²) in [7, 11) is 0. The molecule has 3 rings (SSSR count). The zero-order valence-electron chi connectivity index (χ0n) is 10.5. The van der Waals surface area contributed by atoms with Crippen LogP contribution in [0.15, 0.2) is 28.2 Å². The van der Waals surface area contributed by atoms with Crippen LogP contribution in [0.1, 0.15) is 23.0 Å². The van der Waals surface area contributed by atoms with Crippen LogP contribution in [-0.2, 0) is 6.54 Å². The highest BCUT2D eigenvalue weighted by molar-refractivity contribution is 9.10. The Kier molecular flexibility index (Phi) is 4.04. The molecule has 3 aromatic heterocycles. The lowest BCUT2D eigenvalue weighted by Gasteiger charge is -2.09. The van der Waals surface area contributed by atoms with Crippen molar-refractivity contribution in [3.63, 3.8) is 0 Å². The minimum atomic E-state index is -0.193. The van der Waals surface area contributed by atoms with E-state index in [1.165, 1.54) is 4.88 Å². The second-order valence-electron chi connectivity index (χ2n) is 4.36. The minimum Gasteiger partial charge on any atom is -0.306 e. The Morgan fingerprint density at radius 1 is 1.50 bits per heavy atom. The van der Waals surface area contributed by atoms with Gasteiger partial charge < -0.3 is 4.57 Å². The number of aromatic nitrogens is 3. The molecule has 3 aromatic rings. The molecule has 0 aliphatic heterocycles. The number of imidazole rings is 1. The maximum absolute atomic E-state index is 6.25. The molecule has 0 N–H and O–H groups in total. The fraction of sp³-hybridized carbons (Fsp3) is 0.231. The lowest BCUT2D eigenvalue weighted by molar-refractivity contribution is 0.742. The van der Waals surface area contributed by atoms with Gasteiger partial charge in [0.1, 0.15) is 11.3 Å². The molecule has 0 amide bonds. The van der Waals surface area contributed by atoms with Gasteiger partial charge in [-0.15, -0.1) is 22.9 Å². The number of halogens is 3. The minimum absolute atomic E-state index is 0.193. The van der Waals surface area contributed by atoms with Crippen molar-refractivity contribution < 1.29 is 0 Å². The number of hydrogen-bond donors (Lipinski definition) is 0. The molecule has 0 aliphatic rings. The van der Waals surface area contributed by atoms with Crippen LogP contribution < -0.4 is 0 Å². The van der Waals surface area contributed by atoms with Crippen LogP contribution >= 0.6 is 50.5 Å². The smallest absolute Gasteiger partial charge is 0.160 e. The van der Waals surface area contributed by atoms with Crippen LogP contribution in [0.3, 0.4) is 0 Å². The van der Waals surface area contributed by atoms with E-state index in [0.717, 1.165) is 21.5 Å². The summed E-state index contributed by atoms with van der Waals surface area (Å²) in [6.45, 7) is 2.60. The summed E-state index contributed by atoms with van der Waals surface area (Å²) in [5.74, 6) is 0.803. The first-order valence-corrected chi connectivity index (χ1v) is 8.42. The monoisotopic (exact) mass is 389 g/mol. The molecule has 3 nitrogen and oxygen atoms in total. The zero-order chi connectivity index (χ0) is 14.3. The molecule has 104 valence electrons. The molecule has 7 heteroatoms. The van der Waals surface area contributed by atoms with Crippen molar-refractivity contribution in [1.29, 1.82) is 0 Å². The van der Waals surface area contributed by atoms with Gasteiger partial charge in [-0.1, -0.05) is 11.6 Å². The van der Waals surface area contributed by atoms with Crippen molar-refractivity contribution in [1.82, 2.24) is 14.5 Å². The highest BCUT2D eigenvalue weighted by atomic mass is 79.9. The predicted octanol–water partition coefficient (Wildman–Crippen LogP) is 5.26. The summed E-state index contributed by atoms with van der Waals surface area (Å²) in [6.07, 6.45) is 1.63. The maximum atomic E-state index is 6.25. The average molecular weight is 391 g/mol. The molecular formula is C13H10BrCl2N3S. The summed E-state index contributed by atoms with van der Waals surface area (Å²) < 4.78 is 3.13. The van der Waals surface area contributed by atoms with Crippen molar-refractivity contribution >= 4 is 61.6 Å². The van der Waals surface area contributed by atoms with E-state index in [1.807, 2.05) is 29.0 Å². The number of pyridine rings is 1. The zero-order valence-corrected chi connectivity index (χ0v) is 14.4. The molecule has 0 saturated heterocycles. The molecule has 1 unspecified atom stereocenters. The van der Waals surface area contributed by atoms with E-state index in [4.69, 9.17) is 23.2 Å². The van der Waals surface area contributed by atoms with E-state index in [2.05, 4.69) is 25.9 Å². The van der Waals surface area contributed by atoms with E-state index >= 15 is 0 Å². The summed E-state index contributed by atoms with van der Waals surface area (Å²) in [5, 5.41) is 2.43. The number of nitrogens with zero attached hydrogens (tertiary/aromatic N) is 3. The van der Waals surface area contributed by atoms with Crippen LogP contribution in [-0.4, -0.2) is 14.5 Å². The molecule has 0 aromatic carbocycles. The van der Waals surface area contributed by atoms with Crippen molar-refractivity contribution in [2.24, 2.45) is 0 Å². The second kappa shape index (κ2) is 5.64. The molecular weight excluding hydrogens is 381 g/mol. The lowest BCUT2D eigenvalue weighted by atomic mass is 10.4. The molecule has 20 heavy (non-hydrogen) atoms. The van der Waals surface area contributed by atoms with Gasteiger partial charge in [-0.05, 0) is 40.4 Å². The number of rotatable bonds is 3. The molecule has 3 heterocycles. The van der Waals surface area contributed by atoms with Gasteiger partial charge in [-0.3, -0.25) is 0 Å². The largest absolute Gasteiger partial charge is 0.306 e. The Hall–Kier alpha value is -0.620. The SMILES string of the molecule is CC(Cl)c1nc2cc(Cl)cnc2n1Cc1sccc1Br. The predicted molar refractivity (Wildman–Crippen MR) is 87.9 cm³/mol. The van der Waals surface area contributed by atoms with Crippen molar-refractivity contribution in [3.05, 3.63) is 43.9 Å². The molecule has 1 atom stereocenters. The van der Waals surface area contributed by atoms with Gasteiger partial charge in [0.2, 0.25) is 0 Å². The Balaban J connectivity index is 2.16. The fourth-order valence-corrected chi connectivity index (χ4v) is 3.83. The van der Waals surface area contributed by atoms with Gasteiger partial charge in [0.05, 0.1) is 16.9 Å². The number of hydrogen-bond acceptors (Lipinski definition) is 3. The highest BCUT2D eigenvalue weighted by Crippen LogP contribution is 2.29. The van der Waals surface area contributed by atoms with Gasteiger partial charge in [-0.2, -0.15) is 0 Å². The van der Waals surface area contributed by atoms with Gasteiger partial charge in [0, 0.05) is 15.5 Å². The Labute approximate surface area is 138 Å². The molecule has 0 saturated carbocycles. The lowest BCUT2D eigenvalue weighted by Crippen LogP contribution is -2.05. The molecule has 0 bridgehead atoms. The van der Waals surface area contributed by atoms with Crippen molar-refractivity contribution in [3.8, 4) is 0 Å². The van der Waals surface area contributed by atoms with E-state index in [0.29, 0.717) is 11.6 Å². The third kappa shape index (κ3) is 2.60. The molecule has 0 aliphatic carbocycles. The highest BCUT2D eigenvalue weighted by Gasteiger charge is 2.17. The fourth-order valence-electron chi connectivity index (χ4n) is 2.04. The van der Waals surface area contributed by atoms with Crippen molar-refractivity contribution in [2.45, 2.75) is 18.8 Å². The summed E-state index contributed by atoms with van der Waals surface area (Å²) in [5.41, 5.74) is 1.57. The van der Waals surface area contributed by atoms with E-state index in [9.17, 15) is 0 Å². The van der Waals surface area contributed by atoms with Gasteiger partial charge in [-0.25, -0.2) is 9.97 Å². The first-order chi connectivity index (χ1) is 9.56. The number of alkyl halides is 1. The number of thiophene rings is 1. The Morgan fingerprint density at radius 3 is 2.95 bits per heavy atom. The number of fused-ring (bicyclic) bond motifs is 1. The van der Waals surface area contributed by atoms with Crippen LogP contribution in [0.25, 0.3) is 11.2 Å². The van der Waals surface area contributed by atoms with Crippen LogP contribution in [0.4, 0.5) is 0 Å². The topological polar surface area (TPSA) is 30.7 Å². The second-order valence-corrected chi connectivity index (χ2v) is 7.31. The Bertz CT molecular complexity index is 766. The standard InChI is InChI=1S/C13H10BrCl2N3S/c1-7(15)12-18-10-4-8(16)5-17-13(10)19(12)6-11-9(14)2-3-20-11/h2-5,7H,6H2,1H3. The molecule has 0 radical (unpaired) electrons. The third-order valence-electron chi connectivity index (χ3n) is 2.93. The van der Waals surface area contributed by atoms with Gasteiger partial charge >= 0.3 is 0 Å². The molecule has 0 spiro atoms. The molecule has 0 fully saturated rings. The van der Waals surface area contributed by atoms with Gasteiger partial charge in [0.15, 0.2) is 5.65 Å². The Morgan fingerprint density at radius 2 is 2.30 bits per heavy atom. The van der Waals surface area contributed by atoms with Crippen molar-refractivity contribution in [2.75, 3.05) is 0 Å². The normalized spacial score (nSPS) is 13.0. The quantitative estimate of drug-likeness (QED) is 0.571. The van der Waals surface area contributed by atoms with Gasteiger partial charge in [0.25, 0.3) is 0 Å². The van der Waals surface area contributed by atoms with Crippen LogP contribution in [0, 0.1) is 0 Å². The van der Waals surface area contributed by atoms with E-state index in [-0.39, 0.29) is 5.38 Å². The maximum Gasteiger partial charge on any atom is 0.160 e. The average Bonchev–Trinajstić information content (AvgIpc) is 2.95. The van der Waals surface area contributed by atoms with E-state index < -0.39 is 0 Å².